The number of nitrogens with zero attached hydrogens (tertiary/aromatic N) is 1. The number of aryl methyl sites for hydroxylation is 1. The third-order valence-electron chi connectivity index (χ3n) is 2.87. The Kier molecular flexibility index (Phi) is 7.53. The van der Waals surface area contributed by atoms with Crippen molar-refractivity contribution >= 4 is 33.7 Å². The molecule has 8 heteroatoms. The SMILES string of the molecule is CNC(=O)CN(C)C(=O)COC(=O)COc1ccc(C)cc1Br. The molecule has 0 spiro atoms. The molecule has 0 bridgehead atoms. The molecule has 1 rings (SSSR count). The van der Waals surface area contributed by atoms with Crippen LogP contribution in [-0.4, -0.2) is 56.5 Å². The number of esters is 1. The zero-order valence-corrected chi connectivity index (χ0v) is 14.8. The van der Waals surface area contributed by atoms with Gasteiger partial charge in [0.2, 0.25) is 5.91 Å². The van der Waals surface area contributed by atoms with Crippen LogP contribution < -0.4 is 10.1 Å². The van der Waals surface area contributed by atoms with Crippen molar-refractivity contribution < 1.29 is 23.9 Å². The first-order valence-corrected chi connectivity index (χ1v) is 7.62. The van der Waals surface area contributed by atoms with Gasteiger partial charge in [0, 0.05) is 14.1 Å². The molecule has 126 valence electrons. The van der Waals surface area contributed by atoms with Gasteiger partial charge >= 0.3 is 5.97 Å². The van der Waals surface area contributed by atoms with E-state index >= 15 is 0 Å². The molecule has 7 nitrogen and oxygen atoms in total. The molecule has 0 unspecified atom stereocenters. The second kappa shape index (κ2) is 9.14. The van der Waals surface area contributed by atoms with Crippen molar-refractivity contribution in [2.75, 3.05) is 33.9 Å². The number of rotatable bonds is 7. The zero-order valence-electron chi connectivity index (χ0n) is 13.2. The number of likely N-dealkylation sites (N-methyl/N-ethyl adjacent to an activating group) is 2. The quantitative estimate of drug-likeness (QED) is 0.703. The molecule has 0 fully saturated rings. The van der Waals surface area contributed by atoms with E-state index < -0.39 is 18.5 Å². The Balaban J connectivity index is 2.36. The summed E-state index contributed by atoms with van der Waals surface area (Å²) >= 11 is 3.33. The second-order valence-electron chi connectivity index (χ2n) is 4.81. The lowest BCUT2D eigenvalue weighted by Gasteiger charge is -2.16. The number of carbonyl (C=O) groups is 3. The van der Waals surface area contributed by atoms with Gasteiger partial charge in [-0.3, -0.25) is 9.59 Å². The van der Waals surface area contributed by atoms with E-state index in [9.17, 15) is 14.4 Å². The topological polar surface area (TPSA) is 84.9 Å². The first kappa shape index (κ1) is 19.0. The number of ether oxygens (including phenoxy) is 2. The Bertz CT molecular complexity index is 591. The average molecular weight is 387 g/mol. The Hall–Kier alpha value is -2.09. The van der Waals surface area contributed by atoms with Gasteiger partial charge in [0.25, 0.3) is 5.91 Å². The Morgan fingerprint density at radius 2 is 1.96 bits per heavy atom. The maximum absolute atomic E-state index is 11.7. The molecule has 0 atom stereocenters. The standard InChI is InChI=1S/C15H19BrN2O5/c1-10-4-5-12(11(16)6-10)22-9-15(21)23-8-14(20)18(3)7-13(19)17-2/h4-6H,7-9H2,1-3H3,(H,17,19). The molecule has 0 aliphatic carbocycles. The zero-order chi connectivity index (χ0) is 17.4. The third-order valence-corrected chi connectivity index (χ3v) is 3.49. The summed E-state index contributed by atoms with van der Waals surface area (Å²) in [4.78, 5) is 35.6. The number of halogens is 1. The van der Waals surface area contributed by atoms with Gasteiger partial charge < -0.3 is 19.7 Å². The normalized spacial score (nSPS) is 9.91. The van der Waals surface area contributed by atoms with Crippen molar-refractivity contribution in [1.82, 2.24) is 10.2 Å². The summed E-state index contributed by atoms with van der Waals surface area (Å²) in [6.07, 6.45) is 0. The summed E-state index contributed by atoms with van der Waals surface area (Å²) in [5.41, 5.74) is 1.05. The fourth-order valence-corrected chi connectivity index (χ4v) is 2.14. The van der Waals surface area contributed by atoms with Crippen molar-refractivity contribution in [3.63, 3.8) is 0 Å². The Labute approximate surface area is 143 Å². The summed E-state index contributed by atoms with van der Waals surface area (Å²) in [6.45, 7) is 1.09. The van der Waals surface area contributed by atoms with Gasteiger partial charge in [-0.15, -0.1) is 0 Å². The smallest absolute Gasteiger partial charge is 0.344 e. The van der Waals surface area contributed by atoms with Gasteiger partial charge in [-0.2, -0.15) is 0 Å². The van der Waals surface area contributed by atoms with E-state index in [-0.39, 0.29) is 19.1 Å². The highest BCUT2D eigenvalue weighted by atomic mass is 79.9. The largest absolute Gasteiger partial charge is 0.481 e. The molecule has 0 aliphatic heterocycles. The first-order chi connectivity index (χ1) is 10.8. The summed E-state index contributed by atoms with van der Waals surface area (Å²) in [7, 11) is 2.92. The maximum atomic E-state index is 11.7. The fraction of sp³-hybridized carbons (Fsp3) is 0.400. The molecule has 0 heterocycles. The minimum atomic E-state index is -0.667. The van der Waals surface area contributed by atoms with E-state index in [0.717, 1.165) is 10.0 Å². The number of carbonyl (C=O) groups excluding carboxylic acids is 3. The molecule has 23 heavy (non-hydrogen) atoms. The van der Waals surface area contributed by atoms with E-state index in [2.05, 4.69) is 21.2 Å². The van der Waals surface area contributed by atoms with Crippen LogP contribution in [-0.2, 0) is 19.1 Å². The predicted molar refractivity (Wildman–Crippen MR) is 87.0 cm³/mol. The third kappa shape index (κ3) is 6.68. The van der Waals surface area contributed by atoms with E-state index in [1.165, 1.54) is 19.0 Å². The highest BCUT2D eigenvalue weighted by Crippen LogP contribution is 2.25. The molecule has 0 saturated heterocycles. The highest BCUT2D eigenvalue weighted by Gasteiger charge is 2.15. The van der Waals surface area contributed by atoms with Crippen LogP contribution in [0.5, 0.6) is 5.75 Å². The van der Waals surface area contributed by atoms with Crippen molar-refractivity contribution in [3.8, 4) is 5.75 Å². The van der Waals surface area contributed by atoms with Crippen LogP contribution in [0.15, 0.2) is 22.7 Å². The molecular formula is C15H19BrN2O5. The predicted octanol–water partition coefficient (Wildman–Crippen LogP) is 0.884. The van der Waals surface area contributed by atoms with Crippen molar-refractivity contribution in [2.45, 2.75) is 6.92 Å². The van der Waals surface area contributed by atoms with Gasteiger partial charge in [-0.25, -0.2) is 4.79 Å². The molecule has 1 aromatic carbocycles. The molecule has 0 radical (unpaired) electrons. The van der Waals surface area contributed by atoms with E-state index in [4.69, 9.17) is 9.47 Å². The number of nitrogens with one attached hydrogen (secondary N) is 1. The van der Waals surface area contributed by atoms with Crippen LogP contribution >= 0.6 is 15.9 Å². The lowest BCUT2D eigenvalue weighted by Crippen LogP contribution is -2.39. The van der Waals surface area contributed by atoms with Crippen LogP contribution in [0.1, 0.15) is 5.56 Å². The molecule has 0 aromatic heterocycles. The van der Waals surface area contributed by atoms with Gasteiger partial charge in [0.15, 0.2) is 13.2 Å². The molecule has 0 saturated carbocycles. The number of hydrogen-bond acceptors (Lipinski definition) is 5. The number of amides is 2. The average Bonchev–Trinajstić information content (AvgIpc) is 2.51. The molecule has 0 aliphatic rings. The minimum Gasteiger partial charge on any atom is -0.481 e. The minimum absolute atomic E-state index is 0.0975. The summed E-state index contributed by atoms with van der Waals surface area (Å²) < 4.78 is 10.9. The molecule has 1 aromatic rings. The van der Waals surface area contributed by atoms with Crippen LogP contribution in [0.2, 0.25) is 0 Å². The van der Waals surface area contributed by atoms with Crippen LogP contribution in [0, 0.1) is 6.92 Å². The second-order valence-corrected chi connectivity index (χ2v) is 5.66. The van der Waals surface area contributed by atoms with Crippen molar-refractivity contribution in [2.24, 2.45) is 0 Å². The Morgan fingerprint density at radius 1 is 1.26 bits per heavy atom. The maximum Gasteiger partial charge on any atom is 0.344 e. The van der Waals surface area contributed by atoms with E-state index in [1.807, 2.05) is 19.1 Å². The van der Waals surface area contributed by atoms with Crippen LogP contribution in [0.4, 0.5) is 0 Å². The number of hydrogen-bond donors (Lipinski definition) is 1. The molecular weight excluding hydrogens is 368 g/mol. The summed E-state index contributed by atoms with van der Waals surface area (Å²) in [5.74, 6) is -0.937. The first-order valence-electron chi connectivity index (χ1n) is 6.82. The Morgan fingerprint density at radius 3 is 2.57 bits per heavy atom. The van der Waals surface area contributed by atoms with Crippen LogP contribution in [0.3, 0.4) is 0 Å². The lowest BCUT2D eigenvalue weighted by atomic mass is 10.2. The summed E-state index contributed by atoms with van der Waals surface area (Å²) in [6, 6.07) is 5.44. The van der Waals surface area contributed by atoms with Gasteiger partial charge in [0.05, 0.1) is 11.0 Å². The van der Waals surface area contributed by atoms with Gasteiger partial charge in [0.1, 0.15) is 5.75 Å². The molecule has 2 amide bonds. The van der Waals surface area contributed by atoms with Crippen molar-refractivity contribution in [3.05, 3.63) is 28.2 Å². The van der Waals surface area contributed by atoms with E-state index in [1.54, 1.807) is 6.07 Å². The fourth-order valence-electron chi connectivity index (χ4n) is 1.54. The van der Waals surface area contributed by atoms with Gasteiger partial charge in [-0.1, -0.05) is 6.07 Å². The monoisotopic (exact) mass is 386 g/mol. The van der Waals surface area contributed by atoms with Crippen LogP contribution in [0.25, 0.3) is 0 Å². The number of benzene rings is 1. The van der Waals surface area contributed by atoms with Crippen molar-refractivity contribution in [1.29, 1.82) is 0 Å². The highest BCUT2D eigenvalue weighted by molar-refractivity contribution is 9.10. The van der Waals surface area contributed by atoms with Gasteiger partial charge in [-0.05, 0) is 40.5 Å². The van der Waals surface area contributed by atoms with E-state index in [0.29, 0.717) is 5.75 Å². The summed E-state index contributed by atoms with van der Waals surface area (Å²) in [5, 5.41) is 2.40. The molecule has 1 N–H and O–H groups in total. The lowest BCUT2D eigenvalue weighted by molar-refractivity contribution is -0.153.